The molecule has 1 N–H and O–H groups in total. The largest absolute Gasteiger partial charge is 0.338 e. The molecule has 1 aliphatic carbocycles. The minimum atomic E-state index is 0.704. The van der Waals surface area contributed by atoms with Crippen LogP contribution in [0, 0.1) is 0 Å². The molecule has 2 aromatic heterocycles. The van der Waals surface area contributed by atoms with E-state index < -0.39 is 0 Å². The maximum Gasteiger partial charge on any atom is 0.225 e. The molecule has 0 aromatic carbocycles. The lowest BCUT2D eigenvalue weighted by Crippen LogP contribution is -2.62. The third-order valence-electron chi connectivity index (χ3n) is 5.73. The Labute approximate surface area is 148 Å². The summed E-state index contributed by atoms with van der Waals surface area (Å²) in [7, 11) is 0. The zero-order chi connectivity index (χ0) is 16.6. The Bertz CT molecular complexity index is 697. The quantitative estimate of drug-likeness (QED) is 0.880. The van der Waals surface area contributed by atoms with E-state index in [1.807, 2.05) is 24.7 Å². The molecule has 2 aliphatic heterocycles. The molecule has 7 heteroatoms. The topological polar surface area (TPSA) is 64.2 Å². The highest BCUT2D eigenvalue weighted by Crippen LogP contribution is 2.40. The Morgan fingerprint density at radius 3 is 2.52 bits per heavy atom. The first-order valence-electron chi connectivity index (χ1n) is 9.37. The molecule has 0 radical (unpaired) electrons. The number of hydrogen-bond donors (Lipinski definition) is 1. The van der Waals surface area contributed by atoms with Crippen LogP contribution in [0.3, 0.4) is 0 Å². The second-order valence-electron chi connectivity index (χ2n) is 7.50. The standard InChI is InChI=1S/C18H25N7/c1-4-19-18(20-5-1)25-8-6-24(7-9-25)16-12-23(13-16)11-15-10-21-22-17(15)14-2-3-14/h1,4-5,10,14,16H,2-3,6-9,11-13H2,(H,21,22). The highest BCUT2D eigenvalue weighted by atomic mass is 15.4. The van der Waals surface area contributed by atoms with Gasteiger partial charge in [0.2, 0.25) is 5.95 Å². The lowest BCUT2D eigenvalue weighted by Gasteiger charge is -2.48. The fourth-order valence-corrected chi connectivity index (χ4v) is 4.06. The van der Waals surface area contributed by atoms with E-state index in [0.717, 1.165) is 44.6 Å². The van der Waals surface area contributed by atoms with E-state index in [9.17, 15) is 0 Å². The molecule has 0 amide bonds. The maximum absolute atomic E-state index is 4.37. The van der Waals surface area contributed by atoms with Gasteiger partial charge in [0.25, 0.3) is 0 Å². The number of H-pyrrole nitrogens is 1. The molecular formula is C18H25N7. The summed E-state index contributed by atoms with van der Waals surface area (Å²) in [6.07, 6.45) is 8.33. The molecule has 0 atom stereocenters. The van der Waals surface area contributed by atoms with Crippen LogP contribution in [0.2, 0.25) is 0 Å². The lowest BCUT2D eigenvalue weighted by atomic mass is 10.0. The normalized spacial score (nSPS) is 23.0. The molecule has 0 bridgehead atoms. The molecule has 132 valence electrons. The van der Waals surface area contributed by atoms with Crippen LogP contribution in [0.1, 0.15) is 30.0 Å². The molecule has 1 saturated carbocycles. The zero-order valence-electron chi connectivity index (χ0n) is 14.5. The van der Waals surface area contributed by atoms with Crippen molar-refractivity contribution >= 4 is 5.95 Å². The Kier molecular flexibility index (Phi) is 3.90. The first kappa shape index (κ1) is 15.3. The third-order valence-corrected chi connectivity index (χ3v) is 5.73. The molecule has 0 unspecified atom stereocenters. The van der Waals surface area contributed by atoms with Gasteiger partial charge in [-0.05, 0) is 18.9 Å². The molecule has 25 heavy (non-hydrogen) atoms. The van der Waals surface area contributed by atoms with Crippen molar-refractivity contribution < 1.29 is 0 Å². The maximum atomic E-state index is 4.37. The Hall–Kier alpha value is -1.99. The number of rotatable bonds is 5. The summed E-state index contributed by atoms with van der Waals surface area (Å²) >= 11 is 0. The van der Waals surface area contributed by atoms with Gasteiger partial charge < -0.3 is 4.90 Å². The van der Waals surface area contributed by atoms with Crippen molar-refractivity contribution in [3.63, 3.8) is 0 Å². The summed E-state index contributed by atoms with van der Waals surface area (Å²) in [6, 6.07) is 2.58. The van der Waals surface area contributed by atoms with Crippen molar-refractivity contribution in [2.24, 2.45) is 0 Å². The van der Waals surface area contributed by atoms with Crippen LogP contribution in [0.5, 0.6) is 0 Å². The van der Waals surface area contributed by atoms with Crippen LogP contribution >= 0.6 is 0 Å². The summed E-state index contributed by atoms with van der Waals surface area (Å²) in [6.45, 7) is 7.67. The highest BCUT2D eigenvalue weighted by molar-refractivity contribution is 5.29. The van der Waals surface area contributed by atoms with Crippen LogP contribution in [0.15, 0.2) is 24.7 Å². The molecular weight excluding hydrogens is 314 g/mol. The van der Waals surface area contributed by atoms with Crippen LogP contribution < -0.4 is 4.90 Å². The van der Waals surface area contributed by atoms with Gasteiger partial charge in [0.05, 0.1) is 6.20 Å². The van der Waals surface area contributed by atoms with E-state index in [0.29, 0.717) is 6.04 Å². The average molecular weight is 339 g/mol. The van der Waals surface area contributed by atoms with Crippen LogP contribution in [-0.4, -0.2) is 75.3 Å². The first-order chi connectivity index (χ1) is 12.4. The van der Waals surface area contributed by atoms with E-state index in [1.165, 1.54) is 37.2 Å². The molecule has 5 rings (SSSR count). The minimum Gasteiger partial charge on any atom is -0.338 e. The predicted molar refractivity (Wildman–Crippen MR) is 95.4 cm³/mol. The number of nitrogens with one attached hydrogen (secondary N) is 1. The molecule has 2 saturated heterocycles. The van der Waals surface area contributed by atoms with Gasteiger partial charge in [0.1, 0.15) is 0 Å². The third kappa shape index (κ3) is 3.14. The second kappa shape index (κ2) is 6.38. The summed E-state index contributed by atoms with van der Waals surface area (Å²) in [4.78, 5) is 16.2. The molecule has 0 spiro atoms. The number of nitrogens with zero attached hydrogens (tertiary/aromatic N) is 6. The number of likely N-dealkylation sites (tertiary alicyclic amines) is 1. The fourth-order valence-electron chi connectivity index (χ4n) is 4.06. The van der Waals surface area contributed by atoms with Crippen LogP contribution in [0.4, 0.5) is 5.95 Å². The van der Waals surface area contributed by atoms with Crippen molar-refractivity contribution in [2.75, 3.05) is 44.2 Å². The highest BCUT2D eigenvalue weighted by Gasteiger charge is 2.35. The average Bonchev–Trinajstić information content (AvgIpc) is 3.37. The van der Waals surface area contributed by atoms with Gasteiger partial charge in [-0.25, -0.2) is 9.97 Å². The zero-order valence-corrected chi connectivity index (χ0v) is 14.5. The molecule has 3 aliphatic rings. The van der Waals surface area contributed by atoms with E-state index in [1.54, 1.807) is 0 Å². The summed E-state index contributed by atoms with van der Waals surface area (Å²) in [5.74, 6) is 1.62. The van der Waals surface area contributed by atoms with Gasteiger partial charge in [0, 0.05) is 81.4 Å². The van der Waals surface area contributed by atoms with Crippen molar-refractivity contribution in [3.05, 3.63) is 35.9 Å². The molecule has 4 heterocycles. The van der Waals surface area contributed by atoms with Crippen molar-refractivity contribution in [3.8, 4) is 0 Å². The number of piperazine rings is 1. The number of aromatic nitrogens is 4. The SMILES string of the molecule is c1cnc(N2CCN(C3CN(Cc4cn[nH]c4C4CC4)C3)CC2)nc1. The minimum absolute atomic E-state index is 0.704. The van der Waals surface area contributed by atoms with E-state index in [2.05, 4.69) is 34.9 Å². The van der Waals surface area contributed by atoms with Gasteiger partial charge in [-0.15, -0.1) is 0 Å². The number of hydrogen-bond acceptors (Lipinski definition) is 6. The van der Waals surface area contributed by atoms with Crippen LogP contribution in [0.25, 0.3) is 0 Å². The molecule has 7 nitrogen and oxygen atoms in total. The molecule has 3 fully saturated rings. The van der Waals surface area contributed by atoms with E-state index in [4.69, 9.17) is 0 Å². The monoisotopic (exact) mass is 339 g/mol. The van der Waals surface area contributed by atoms with Crippen molar-refractivity contribution in [1.82, 2.24) is 30.0 Å². The number of aromatic amines is 1. The van der Waals surface area contributed by atoms with E-state index >= 15 is 0 Å². The smallest absolute Gasteiger partial charge is 0.225 e. The van der Waals surface area contributed by atoms with Crippen molar-refractivity contribution in [2.45, 2.75) is 31.3 Å². The Morgan fingerprint density at radius 2 is 1.80 bits per heavy atom. The van der Waals surface area contributed by atoms with Gasteiger partial charge in [-0.3, -0.25) is 14.9 Å². The summed E-state index contributed by atoms with van der Waals surface area (Å²) < 4.78 is 0. The van der Waals surface area contributed by atoms with Crippen molar-refractivity contribution in [1.29, 1.82) is 0 Å². The van der Waals surface area contributed by atoms with Crippen LogP contribution in [-0.2, 0) is 6.54 Å². The Morgan fingerprint density at radius 1 is 1.04 bits per heavy atom. The summed E-state index contributed by atoms with van der Waals surface area (Å²) in [5, 5.41) is 7.47. The van der Waals surface area contributed by atoms with Gasteiger partial charge >= 0.3 is 0 Å². The first-order valence-corrected chi connectivity index (χ1v) is 9.37. The fraction of sp³-hybridized carbons (Fsp3) is 0.611. The van der Waals surface area contributed by atoms with E-state index in [-0.39, 0.29) is 0 Å². The predicted octanol–water partition coefficient (Wildman–Crippen LogP) is 1.08. The van der Waals surface area contributed by atoms with Gasteiger partial charge in [-0.1, -0.05) is 0 Å². The van der Waals surface area contributed by atoms with Gasteiger partial charge in [0.15, 0.2) is 0 Å². The van der Waals surface area contributed by atoms with Gasteiger partial charge in [-0.2, -0.15) is 5.10 Å². The Balaban J connectivity index is 1.10. The summed E-state index contributed by atoms with van der Waals surface area (Å²) in [5.41, 5.74) is 2.80. The lowest BCUT2D eigenvalue weighted by molar-refractivity contribution is 0.0253. The number of anilines is 1. The molecule has 2 aromatic rings. The second-order valence-corrected chi connectivity index (χ2v) is 7.50.